The number of hydrogen-bond acceptors (Lipinski definition) is 2. The molecule has 0 rings (SSSR count). The fourth-order valence-electron chi connectivity index (χ4n) is 0.878. The van der Waals surface area contributed by atoms with Crippen LogP contribution in [-0.4, -0.2) is 40.5 Å². The van der Waals surface area contributed by atoms with Crippen molar-refractivity contribution in [2.75, 3.05) is 25.9 Å². The maximum atomic E-state index is 5.36. The zero-order valence-electron chi connectivity index (χ0n) is 7.39. The number of nitrogens with zero attached hydrogens (tertiary/aromatic N) is 1. The van der Waals surface area contributed by atoms with Crippen molar-refractivity contribution in [3.63, 3.8) is 0 Å². The highest BCUT2D eigenvalue weighted by Gasteiger charge is 1.96. The molecule has 0 N–H and O–H groups in total. The molecule has 0 aliphatic heterocycles. The average Bonchev–Trinajstić information content (AvgIpc) is 1.99. The molecular weight excluding hydrogens is 142 g/mol. The molecule has 0 fully saturated rings. The fourth-order valence-corrected chi connectivity index (χ4v) is 2.19. The van der Waals surface area contributed by atoms with Gasteiger partial charge in [-0.2, -0.15) is 0 Å². The predicted octanol–water partition coefficient (Wildman–Crippen LogP) is 0.406. The summed E-state index contributed by atoms with van der Waals surface area (Å²) in [6.07, 6.45) is 1.21. The van der Waals surface area contributed by atoms with Crippen LogP contribution in [0.1, 0.15) is 20.8 Å². The van der Waals surface area contributed by atoms with Crippen LogP contribution in [0, 0.1) is 0 Å². The maximum Gasteiger partial charge on any atom is 0.175 e. The van der Waals surface area contributed by atoms with E-state index < -0.39 is 0 Å². The molecule has 0 aromatic carbocycles. The van der Waals surface area contributed by atoms with Gasteiger partial charge in [0.2, 0.25) is 0 Å². The van der Waals surface area contributed by atoms with Gasteiger partial charge >= 0.3 is 0 Å². The van der Waals surface area contributed by atoms with E-state index in [1.54, 1.807) is 0 Å². The van der Waals surface area contributed by atoms with Crippen LogP contribution in [0.2, 0.25) is 0 Å². The summed E-state index contributed by atoms with van der Waals surface area (Å²) in [6.45, 7) is 9.68. The minimum atomic E-state index is -0.232. The third kappa shape index (κ3) is 4.96. The fraction of sp³-hybridized carbons (Fsp3) is 1.00. The Bertz CT molecular complexity index is 66.6. The third-order valence-electron chi connectivity index (χ3n) is 1.65. The van der Waals surface area contributed by atoms with Crippen LogP contribution >= 0.6 is 0 Å². The lowest BCUT2D eigenvalue weighted by Gasteiger charge is -2.16. The van der Waals surface area contributed by atoms with Gasteiger partial charge in [-0.1, -0.05) is 13.8 Å². The van der Waals surface area contributed by atoms with Crippen LogP contribution in [0.25, 0.3) is 0 Å². The van der Waals surface area contributed by atoms with Gasteiger partial charge in [-0.25, -0.2) is 0 Å². The van der Waals surface area contributed by atoms with E-state index in [4.69, 9.17) is 4.43 Å². The first-order chi connectivity index (χ1) is 4.85. The standard InChI is InChI=1S/C7H19NOSi/c1-4-8(5-2)7-10-9-6-3/h4-7,10H2,1-3H3. The molecule has 2 nitrogen and oxygen atoms in total. The van der Waals surface area contributed by atoms with Gasteiger partial charge in [0, 0.05) is 12.8 Å². The molecule has 0 aliphatic carbocycles. The quantitative estimate of drug-likeness (QED) is 0.413. The van der Waals surface area contributed by atoms with Crippen molar-refractivity contribution in [1.82, 2.24) is 4.90 Å². The third-order valence-corrected chi connectivity index (χ3v) is 3.16. The van der Waals surface area contributed by atoms with Crippen molar-refractivity contribution in [3.05, 3.63) is 0 Å². The van der Waals surface area contributed by atoms with Gasteiger partial charge in [0.25, 0.3) is 0 Å². The lowest BCUT2D eigenvalue weighted by atomic mass is 10.6. The molecule has 0 aliphatic rings. The molecule has 0 heterocycles. The van der Waals surface area contributed by atoms with E-state index in [0.29, 0.717) is 0 Å². The van der Waals surface area contributed by atoms with E-state index in [-0.39, 0.29) is 9.76 Å². The van der Waals surface area contributed by atoms with E-state index in [1.165, 1.54) is 6.17 Å². The highest BCUT2D eigenvalue weighted by molar-refractivity contribution is 6.27. The second-order valence-corrected chi connectivity index (χ2v) is 3.49. The Kier molecular flexibility index (Phi) is 7.35. The van der Waals surface area contributed by atoms with Gasteiger partial charge in [0.15, 0.2) is 9.76 Å². The molecule has 0 amide bonds. The Morgan fingerprint density at radius 2 is 1.80 bits per heavy atom. The topological polar surface area (TPSA) is 12.5 Å². The minimum Gasteiger partial charge on any atom is -0.423 e. The van der Waals surface area contributed by atoms with Gasteiger partial charge in [0.1, 0.15) is 0 Å². The van der Waals surface area contributed by atoms with Gasteiger partial charge in [-0.15, -0.1) is 0 Å². The van der Waals surface area contributed by atoms with Crippen LogP contribution in [0.3, 0.4) is 0 Å². The van der Waals surface area contributed by atoms with Crippen molar-refractivity contribution in [2.45, 2.75) is 20.8 Å². The normalized spacial score (nSPS) is 12.0. The van der Waals surface area contributed by atoms with Crippen molar-refractivity contribution in [3.8, 4) is 0 Å². The van der Waals surface area contributed by atoms with Crippen molar-refractivity contribution < 1.29 is 4.43 Å². The van der Waals surface area contributed by atoms with E-state index in [9.17, 15) is 0 Å². The molecule has 0 saturated heterocycles. The van der Waals surface area contributed by atoms with Gasteiger partial charge in [-0.05, 0) is 20.0 Å². The first-order valence-electron chi connectivity index (χ1n) is 4.15. The van der Waals surface area contributed by atoms with Gasteiger partial charge < -0.3 is 9.33 Å². The molecule has 0 aromatic heterocycles. The number of rotatable bonds is 6. The Morgan fingerprint density at radius 3 is 2.20 bits per heavy atom. The summed E-state index contributed by atoms with van der Waals surface area (Å²) in [7, 11) is -0.232. The smallest absolute Gasteiger partial charge is 0.175 e. The Hall–Kier alpha value is 0.137. The zero-order chi connectivity index (χ0) is 7.82. The minimum absolute atomic E-state index is 0.232. The van der Waals surface area contributed by atoms with Gasteiger partial charge in [-0.3, -0.25) is 0 Å². The zero-order valence-corrected chi connectivity index (χ0v) is 8.81. The SMILES string of the molecule is CCO[SiH2]CN(CC)CC. The molecule has 0 atom stereocenters. The molecule has 0 aromatic rings. The molecule has 0 unspecified atom stereocenters. The molecule has 3 heteroatoms. The first-order valence-corrected chi connectivity index (χ1v) is 5.72. The second-order valence-electron chi connectivity index (χ2n) is 2.22. The predicted molar refractivity (Wildman–Crippen MR) is 48.0 cm³/mol. The number of hydrogen-bond donors (Lipinski definition) is 0. The summed E-state index contributed by atoms with van der Waals surface area (Å²) in [5.74, 6) is 0. The first kappa shape index (κ1) is 10.1. The molecule has 0 spiro atoms. The summed E-state index contributed by atoms with van der Waals surface area (Å²) in [5, 5.41) is 0. The summed E-state index contributed by atoms with van der Waals surface area (Å²) < 4.78 is 5.36. The molecule has 0 radical (unpaired) electrons. The highest BCUT2D eigenvalue weighted by atomic mass is 28.2. The lowest BCUT2D eigenvalue weighted by Crippen LogP contribution is -2.28. The maximum absolute atomic E-state index is 5.36. The van der Waals surface area contributed by atoms with Crippen LogP contribution in [0.4, 0.5) is 0 Å². The van der Waals surface area contributed by atoms with Crippen molar-refractivity contribution >= 4 is 9.76 Å². The summed E-state index contributed by atoms with van der Waals surface area (Å²) in [4.78, 5) is 2.42. The van der Waals surface area contributed by atoms with Crippen LogP contribution in [0.15, 0.2) is 0 Å². The Labute approximate surface area is 66.5 Å². The second kappa shape index (κ2) is 7.25. The Balaban J connectivity index is 3.09. The molecule has 0 bridgehead atoms. The van der Waals surface area contributed by atoms with E-state index in [1.807, 2.05) is 0 Å². The van der Waals surface area contributed by atoms with E-state index in [0.717, 1.165) is 19.7 Å². The van der Waals surface area contributed by atoms with Crippen molar-refractivity contribution in [2.24, 2.45) is 0 Å². The lowest BCUT2D eigenvalue weighted by molar-refractivity contribution is 0.308. The molecule has 62 valence electrons. The van der Waals surface area contributed by atoms with Crippen LogP contribution in [0.5, 0.6) is 0 Å². The summed E-state index contributed by atoms with van der Waals surface area (Å²) in [5.41, 5.74) is 0. The largest absolute Gasteiger partial charge is 0.423 e. The molecular formula is C7H19NOSi. The Morgan fingerprint density at radius 1 is 1.20 bits per heavy atom. The summed E-state index contributed by atoms with van der Waals surface area (Å²) in [6, 6.07) is 0. The van der Waals surface area contributed by atoms with Crippen LogP contribution < -0.4 is 0 Å². The van der Waals surface area contributed by atoms with E-state index >= 15 is 0 Å². The van der Waals surface area contributed by atoms with Gasteiger partial charge in [0.05, 0.1) is 0 Å². The highest BCUT2D eigenvalue weighted by Crippen LogP contribution is 1.84. The molecule has 0 saturated carbocycles. The summed E-state index contributed by atoms with van der Waals surface area (Å²) >= 11 is 0. The van der Waals surface area contributed by atoms with Crippen molar-refractivity contribution in [1.29, 1.82) is 0 Å². The average molecular weight is 161 g/mol. The monoisotopic (exact) mass is 161 g/mol. The van der Waals surface area contributed by atoms with Crippen LogP contribution in [-0.2, 0) is 4.43 Å². The molecule has 10 heavy (non-hydrogen) atoms. The van der Waals surface area contributed by atoms with E-state index in [2.05, 4.69) is 25.7 Å².